The minimum absolute atomic E-state index is 0.212. The first-order chi connectivity index (χ1) is 12.6. The van der Waals surface area contributed by atoms with Crippen LogP contribution in [0.1, 0.15) is 10.4 Å². The van der Waals surface area contributed by atoms with Gasteiger partial charge in [0.2, 0.25) is 0 Å². The zero-order chi connectivity index (χ0) is 18.5. The van der Waals surface area contributed by atoms with Crippen molar-refractivity contribution < 1.29 is 14.3 Å². The van der Waals surface area contributed by atoms with Crippen molar-refractivity contribution >= 4 is 44.9 Å². The second-order valence-corrected chi connectivity index (χ2v) is 7.58. The van der Waals surface area contributed by atoms with E-state index in [0.29, 0.717) is 17.1 Å². The molecule has 0 radical (unpaired) electrons. The highest BCUT2D eigenvalue weighted by Crippen LogP contribution is 2.32. The number of carbonyl (C=O) groups excluding carboxylic acids is 1. The van der Waals surface area contributed by atoms with Crippen LogP contribution in [-0.4, -0.2) is 30.9 Å². The van der Waals surface area contributed by atoms with E-state index in [1.165, 1.54) is 0 Å². The zero-order valence-electron chi connectivity index (χ0n) is 14.4. The highest BCUT2D eigenvalue weighted by molar-refractivity contribution is 8.01. The molecule has 0 aliphatic heterocycles. The van der Waals surface area contributed by atoms with Crippen molar-refractivity contribution in [2.75, 3.05) is 25.3 Å². The Morgan fingerprint density at radius 2 is 2.04 bits per heavy atom. The lowest BCUT2D eigenvalue weighted by molar-refractivity contribution is 0.102. The summed E-state index contributed by atoms with van der Waals surface area (Å²) in [5.74, 6) is 1.71. The largest absolute Gasteiger partial charge is 0.493 e. The first-order valence-corrected chi connectivity index (χ1v) is 9.62. The Morgan fingerprint density at radius 3 is 2.77 bits per heavy atom. The monoisotopic (exact) mass is 386 g/mol. The van der Waals surface area contributed by atoms with E-state index >= 15 is 0 Å². The number of aromatic nitrogens is 1. The van der Waals surface area contributed by atoms with E-state index in [-0.39, 0.29) is 5.91 Å². The number of carbonyl (C=O) groups is 1. The Kier molecular flexibility index (Phi) is 5.80. The molecule has 134 valence electrons. The van der Waals surface area contributed by atoms with Crippen molar-refractivity contribution in [3.8, 4) is 11.5 Å². The second-order valence-electron chi connectivity index (χ2n) is 5.29. The van der Waals surface area contributed by atoms with Gasteiger partial charge in [0.1, 0.15) is 0 Å². The minimum Gasteiger partial charge on any atom is -0.493 e. The van der Waals surface area contributed by atoms with Crippen LogP contribution >= 0.6 is 23.1 Å². The fourth-order valence-corrected chi connectivity index (χ4v) is 4.22. The summed E-state index contributed by atoms with van der Waals surface area (Å²) in [5, 5.41) is 2.91. The molecule has 1 aromatic heterocycles. The quantitative estimate of drug-likeness (QED) is 0.465. The number of hydrogen-bond acceptors (Lipinski definition) is 6. The van der Waals surface area contributed by atoms with Crippen LogP contribution < -0.4 is 14.8 Å². The van der Waals surface area contributed by atoms with Gasteiger partial charge in [-0.2, -0.15) is 0 Å². The molecule has 5 nitrogen and oxygen atoms in total. The summed E-state index contributed by atoms with van der Waals surface area (Å²) in [6.45, 7) is 3.72. The molecule has 1 N–H and O–H groups in total. The average Bonchev–Trinajstić information content (AvgIpc) is 3.07. The molecule has 26 heavy (non-hydrogen) atoms. The Bertz CT molecular complexity index is 953. The van der Waals surface area contributed by atoms with Gasteiger partial charge >= 0.3 is 0 Å². The number of thiazole rings is 1. The first-order valence-electron chi connectivity index (χ1n) is 7.82. The van der Waals surface area contributed by atoms with E-state index in [9.17, 15) is 4.79 Å². The lowest BCUT2D eigenvalue weighted by Gasteiger charge is -2.10. The van der Waals surface area contributed by atoms with Crippen molar-refractivity contribution in [3.05, 3.63) is 54.6 Å². The summed E-state index contributed by atoms with van der Waals surface area (Å²) in [6, 6.07) is 10.8. The number of anilines is 1. The van der Waals surface area contributed by atoms with E-state index in [1.807, 2.05) is 24.3 Å². The fraction of sp³-hybridized carbons (Fsp3) is 0.158. The van der Waals surface area contributed by atoms with Gasteiger partial charge in [0, 0.05) is 17.0 Å². The van der Waals surface area contributed by atoms with Crippen LogP contribution in [0.3, 0.4) is 0 Å². The number of nitrogens with zero attached hydrogens (tertiary/aromatic N) is 1. The predicted molar refractivity (Wildman–Crippen MR) is 108 cm³/mol. The molecule has 0 aliphatic rings. The van der Waals surface area contributed by atoms with Crippen LogP contribution in [0.5, 0.6) is 11.5 Å². The highest BCUT2D eigenvalue weighted by atomic mass is 32.2. The molecule has 0 spiro atoms. The van der Waals surface area contributed by atoms with Crippen molar-refractivity contribution in [1.82, 2.24) is 4.98 Å². The van der Waals surface area contributed by atoms with E-state index < -0.39 is 0 Å². The first kappa shape index (κ1) is 18.3. The lowest BCUT2D eigenvalue weighted by atomic mass is 10.2. The number of amides is 1. The maximum Gasteiger partial charge on any atom is 0.255 e. The Balaban J connectivity index is 1.79. The number of fused-ring (bicyclic) bond motifs is 1. The minimum atomic E-state index is -0.212. The van der Waals surface area contributed by atoms with Crippen LogP contribution in [0, 0.1) is 0 Å². The van der Waals surface area contributed by atoms with Crippen LogP contribution in [0.4, 0.5) is 5.69 Å². The Morgan fingerprint density at radius 1 is 1.23 bits per heavy atom. The van der Waals surface area contributed by atoms with Gasteiger partial charge in [-0.1, -0.05) is 17.8 Å². The molecule has 0 saturated carbocycles. The number of hydrogen-bond donors (Lipinski definition) is 1. The normalized spacial score (nSPS) is 10.5. The van der Waals surface area contributed by atoms with Gasteiger partial charge < -0.3 is 14.8 Å². The van der Waals surface area contributed by atoms with Gasteiger partial charge in [-0.25, -0.2) is 4.98 Å². The van der Waals surface area contributed by atoms with Crippen molar-refractivity contribution in [2.24, 2.45) is 0 Å². The summed E-state index contributed by atoms with van der Waals surface area (Å²) in [4.78, 5) is 17.1. The molecule has 0 aliphatic carbocycles. The van der Waals surface area contributed by atoms with Crippen LogP contribution in [-0.2, 0) is 0 Å². The van der Waals surface area contributed by atoms with E-state index in [4.69, 9.17) is 9.47 Å². The van der Waals surface area contributed by atoms with Gasteiger partial charge in [-0.05, 0) is 36.4 Å². The number of thioether (sulfide) groups is 1. The molecule has 2 aromatic carbocycles. The van der Waals surface area contributed by atoms with Crippen molar-refractivity contribution in [3.63, 3.8) is 0 Å². The summed E-state index contributed by atoms with van der Waals surface area (Å²) in [5.41, 5.74) is 2.14. The van der Waals surface area contributed by atoms with Gasteiger partial charge in [0.15, 0.2) is 15.8 Å². The number of nitrogens with one attached hydrogen (secondary N) is 1. The number of rotatable bonds is 7. The molecule has 1 heterocycles. The molecular formula is C19H18N2O3S2. The Labute approximate surface area is 160 Å². The summed E-state index contributed by atoms with van der Waals surface area (Å²) in [6.07, 6.45) is 1.85. The third-order valence-electron chi connectivity index (χ3n) is 3.60. The molecule has 7 heteroatoms. The third-order valence-corrected chi connectivity index (χ3v) is 5.75. The van der Waals surface area contributed by atoms with Gasteiger partial charge in [0.25, 0.3) is 5.91 Å². The SMILES string of the molecule is C=CCSc1nc2ccc(NC(=O)c3ccc(OC)c(OC)c3)cc2s1. The van der Waals surface area contributed by atoms with Crippen molar-refractivity contribution in [1.29, 1.82) is 0 Å². The molecule has 0 saturated heterocycles. The average molecular weight is 386 g/mol. The van der Waals surface area contributed by atoms with Crippen LogP contribution in [0.2, 0.25) is 0 Å². The van der Waals surface area contributed by atoms with E-state index in [1.54, 1.807) is 55.5 Å². The Hall–Kier alpha value is -2.51. The zero-order valence-corrected chi connectivity index (χ0v) is 16.1. The van der Waals surface area contributed by atoms with Gasteiger partial charge in [-0.15, -0.1) is 17.9 Å². The fourth-order valence-electron chi connectivity index (χ4n) is 2.35. The maximum absolute atomic E-state index is 12.5. The lowest BCUT2D eigenvalue weighted by Crippen LogP contribution is -2.12. The molecule has 0 atom stereocenters. The summed E-state index contributed by atoms with van der Waals surface area (Å²) < 4.78 is 12.5. The second kappa shape index (κ2) is 8.25. The molecule has 0 unspecified atom stereocenters. The number of ether oxygens (including phenoxy) is 2. The molecule has 3 aromatic rings. The highest BCUT2D eigenvalue weighted by Gasteiger charge is 2.12. The molecule has 0 fully saturated rings. The molecular weight excluding hydrogens is 368 g/mol. The van der Waals surface area contributed by atoms with Crippen molar-refractivity contribution in [2.45, 2.75) is 4.34 Å². The summed E-state index contributed by atoms with van der Waals surface area (Å²) in [7, 11) is 3.10. The molecule has 0 bridgehead atoms. The van der Waals surface area contributed by atoms with Gasteiger partial charge in [-0.3, -0.25) is 4.79 Å². The van der Waals surface area contributed by atoms with Crippen LogP contribution in [0.15, 0.2) is 53.4 Å². The summed E-state index contributed by atoms with van der Waals surface area (Å²) >= 11 is 3.25. The van der Waals surface area contributed by atoms with E-state index in [2.05, 4.69) is 16.9 Å². The number of benzene rings is 2. The maximum atomic E-state index is 12.5. The predicted octanol–water partition coefficient (Wildman–Crippen LogP) is 4.84. The smallest absolute Gasteiger partial charge is 0.255 e. The molecule has 3 rings (SSSR count). The molecule has 1 amide bonds. The number of methoxy groups -OCH3 is 2. The third kappa shape index (κ3) is 4.00. The topological polar surface area (TPSA) is 60.5 Å². The van der Waals surface area contributed by atoms with Crippen LogP contribution in [0.25, 0.3) is 10.2 Å². The van der Waals surface area contributed by atoms with Gasteiger partial charge in [0.05, 0.1) is 24.4 Å². The standard InChI is InChI=1S/C19H18N2O3S2/c1-4-9-25-19-21-14-7-6-13(11-17(14)26-19)20-18(22)12-5-8-15(23-2)16(10-12)24-3/h4-8,10-11H,1,9H2,2-3H3,(H,20,22). The van der Waals surface area contributed by atoms with E-state index in [0.717, 1.165) is 26.0 Å².